The van der Waals surface area contributed by atoms with E-state index >= 15 is 0 Å². The Balaban J connectivity index is 1.18. The fraction of sp³-hybridized carbons (Fsp3) is 0.419. The summed E-state index contributed by atoms with van der Waals surface area (Å²) in [5.74, 6) is 0.0443. The van der Waals surface area contributed by atoms with Gasteiger partial charge in [0.15, 0.2) is 0 Å². The number of aliphatic hydroxyl groups excluding tert-OH is 2. The van der Waals surface area contributed by atoms with Crippen LogP contribution in [0, 0.1) is 6.92 Å². The van der Waals surface area contributed by atoms with Crippen molar-refractivity contribution in [3.05, 3.63) is 89.0 Å². The average molecular weight is 508 g/mol. The van der Waals surface area contributed by atoms with Gasteiger partial charge >= 0.3 is 0 Å². The highest BCUT2D eigenvalue weighted by Crippen LogP contribution is 2.26. The molecule has 0 aliphatic heterocycles. The second-order valence-electron chi connectivity index (χ2n) is 9.30. The first-order valence-corrected chi connectivity index (χ1v) is 13.2. The number of phenols is 1. The molecule has 0 radical (unpaired) electrons. The van der Waals surface area contributed by atoms with Gasteiger partial charge in [-0.15, -0.1) is 0 Å². The number of aliphatic hydroxyl groups is 2. The Bertz CT molecular complexity index is 1060. The van der Waals surface area contributed by atoms with Crippen LogP contribution in [0.25, 0.3) is 11.1 Å². The molecular formula is C31H41NO5. The van der Waals surface area contributed by atoms with Gasteiger partial charge in [0.2, 0.25) is 0 Å². The van der Waals surface area contributed by atoms with E-state index in [2.05, 4.69) is 54.7 Å². The minimum absolute atomic E-state index is 0.0443. The van der Waals surface area contributed by atoms with Gasteiger partial charge in [0.1, 0.15) is 5.75 Å². The third kappa shape index (κ3) is 9.58. The predicted octanol–water partition coefficient (Wildman–Crippen LogP) is 5.28. The van der Waals surface area contributed by atoms with Crippen LogP contribution in [0.1, 0.15) is 54.0 Å². The van der Waals surface area contributed by atoms with Crippen molar-refractivity contribution < 1.29 is 24.8 Å². The van der Waals surface area contributed by atoms with Gasteiger partial charge in [-0.05, 0) is 66.3 Å². The Labute approximate surface area is 220 Å². The van der Waals surface area contributed by atoms with E-state index in [1.807, 2.05) is 6.07 Å². The van der Waals surface area contributed by atoms with Gasteiger partial charge in [-0.25, -0.2) is 0 Å². The molecule has 0 aliphatic rings. The maximum atomic E-state index is 10.3. The summed E-state index contributed by atoms with van der Waals surface area (Å²) in [5.41, 5.74) is 6.05. The van der Waals surface area contributed by atoms with Gasteiger partial charge in [0, 0.05) is 18.7 Å². The minimum Gasteiger partial charge on any atom is -0.508 e. The van der Waals surface area contributed by atoms with Crippen molar-refractivity contribution in [3.63, 3.8) is 0 Å². The monoisotopic (exact) mass is 507 g/mol. The molecule has 3 rings (SSSR count). The Morgan fingerprint density at radius 2 is 1.59 bits per heavy atom. The summed E-state index contributed by atoms with van der Waals surface area (Å²) in [6.07, 6.45) is 3.60. The van der Waals surface area contributed by atoms with Gasteiger partial charge in [-0.1, -0.05) is 67.4 Å². The maximum absolute atomic E-state index is 10.3. The molecule has 0 aromatic heterocycles. The van der Waals surface area contributed by atoms with Crippen LogP contribution in [-0.2, 0) is 22.7 Å². The molecule has 200 valence electrons. The smallest absolute Gasteiger partial charge is 0.121 e. The maximum Gasteiger partial charge on any atom is 0.121 e. The summed E-state index contributed by atoms with van der Waals surface area (Å²) in [6, 6.07) is 21.6. The predicted molar refractivity (Wildman–Crippen MR) is 147 cm³/mol. The third-order valence-corrected chi connectivity index (χ3v) is 6.55. The van der Waals surface area contributed by atoms with E-state index in [0.717, 1.165) is 38.8 Å². The molecule has 3 aromatic carbocycles. The van der Waals surface area contributed by atoms with Crippen molar-refractivity contribution in [1.82, 2.24) is 5.32 Å². The molecule has 0 fully saturated rings. The van der Waals surface area contributed by atoms with Gasteiger partial charge in [0.25, 0.3) is 0 Å². The van der Waals surface area contributed by atoms with Crippen LogP contribution in [-0.4, -0.2) is 48.2 Å². The van der Waals surface area contributed by atoms with E-state index in [1.54, 1.807) is 12.1 Å². The summed E-state index contributed by atoms with van der Waals surface area (Å²) in [4.78, 5) is 0. The molecule has 0 saturated heterocycles. The fourth-order valence-corrected chi connectivity index (χ4v) is 4.28. The van der Waals surface area contributed by atoms with E-state index < -0.39 is 6.10 Å². The topological polar surface area (TPSA) is 91.2 Å². The highest BCUT2D eigenvalue weighted by atomic mass is 16.5. The summed E-state index contributed by atoms with van der Waals surface area (Å²) in [6.45, 7) is 5.70. The number of nitrogens with one attached hydrogen (secondary N) is 1. The standard InChI is InChI=1S/C31H41NO5/c1-24-27(12-9-13-29(24)25-10-5-4-6-11-25)23-37-19-18-36-17-8-3-2-7-16-32-21-31(35)26-14-15-30(34)28(20-26)22-33/h4-6,9-15,20,31-35H,2-3,7-8,16-19,21-23H2,1H3/t31-/m0/s1. The molecule has 4 N–H and O–H groups in total. The van der Waals surface area contributed by atoms with Crippen LogP contribution in [0.3, 0.4) is 0 Å². The van der Waals surface area contributed by atoms with Crippen LogP contribution in [0.2, 0.25) is 0 Å². The Kier molecular flexibility index (Phi) is 12.6. The van der Waals surface area contributed by atoms with Crippen LogP contribution < -0.4 is 5.32 Å². The average Bonchev–Trinajstić information content (AvgIpc) is 2.92. The largest absolute Gasteiger partial charge is 0.508 e. The Morgan fingerprint density at radius 1 is 0.811 bits per heavy atom. The van der Waals surface area contributed by atoms with Gasteiger partial charge in [-0.3, -0.25) is 0 Å². The van der Waals surface area contributed by atoms with Crippen molar-refractivity contribution in [2.75, 3.05) is 32.9 Å². The number of ether oxygens (including phenoxy) is 2. The number of hydrogen-bond acceptors (Lipinski definition) is 6. The van der Waals surface area contributed by atoms with Crippen molar-refractivity contribution in [2.24, 2.45) is 0 Å². The molecular weight excluding hydrogens is 466 g/mol. The lowest BCUT2D eigenvalue weighted by Crippen LogP contribution is -2.22. The molecule has 0 saturated carbocycles. The lowest BCUT2D eigenvalue weighted by atomic mass is 9.97. The normalized spacial score (nSPS) is 12.1. The molecule has 6 nitrogen and oxygen atoms in total. The number of unbranched alkanes of at least 4 members (excludes halogenated alkanes) is 3. The number of hydrogen-bond donors (Lipinski definition) is 4. The Morgan fingerprint density at radius 3 is 2.41 bits per heavy atom. The molecule has 0 unspecified atom stereocenters. The van der Waals surface area contributed by atoms with Gasteiger partial charge < -0.3 is 30.1 Å². The lowest BCUT2D eigenvalue weighted by Gasteiger charge is -2.14. The Hall–Kier alpha value is -2.74. The quantitative estimate of drug-likeness (QED) is 0.186. The molecule has 3 aromatic rings. The SMILES string of the molecule is Cc1c(COCCOCCCCCCNC[C@H](O)c2ccc(O)c(CO)c2)cccc1-c1ccccc1. The number of rotatable bonds is 17. The van der Waals surface area contributed by atoms with Crippen molar-refractivity contribution in [2.45, 2.75) is 51.9 Å². The highest BCUT2D eigenvalue weighted by Gasteiger charge is 2.10. The molecule has 0 amide bonds. The summed E-state index contributed by atoms with van der Waals surface area (Å²) < 4.78 is 11.6. The first kappa shape index (κ1) is 28.8. The van der Waals surface area contributed by atoms with E-state index in [4.69, 9.17) is 9.47 Å². The summed E-state index contributed by atoms with van der Waals surface area (Å²) in [7, 11) is 0. The molecule has 0 bridgehead atoms. The van der Waals surface area contributed by atoms with Crippen LogP contribution in [0.5, 0.6) is 5.75 Å². The molecule has 37 heavy (non-hydrogen) atoms. The molecule has 6 heteroatoms. The first-order chi connectivity index (χ1) is 18.1. The summed E-state index contributed by atoms with van der Waals surface area (Å²) in [5, 5.41) is 32.4. The molecule has 0 heterocycles. The van der Waals surface area contributed by atoms with Crippen molar-refractivity contribution in [1.29, 1.82) is 0 Å². The van der Waals surface area contributed by atoms with Crippen molar-refractivity contribution in [3.8, 4) is 16.9 Å². The summed E-state index contributed by atoms with van der Waals surface area (Å²) >= 11 is 0. The second kappa shape index (κ2) is 16.2. The van der Waals surface area contributed by atoms with Crippen LogP contribution in [0.15, 0.2) is 66.7 Å². The third-order valence-electron chi connectivity index (χ3n) is 6.55. The lowest BCUT2D eigenvalue weighted by molar-refractivity contribution is 0.0391. The second-order valence-corrected chi connectivity index (χ2v) is 9.30. The fourth-order valence-electron chi connectivity index (χ4n) is 4.28. The van der Waals surface area contributed by atoms with Crippen LogP contribution in [0.4, 0.5) is 0 Å². The van der Waals surface area contributed by atoms with E-state index in [1.165, 1.54) is 28.3 Å². The molecule has 0 spiro atoms. The van der Waals surface area contributed by atoms with E-state index in [9.17, 15) is 15.3 Å². The first-order valence-electron chi connectivity index (χ1n) is 13.2. The van der Waals surface area contributed by atoms with Gasteiger partial charge in [-0.2, -0.15) is 0 Å². The molecule has 1 atom stereocenters. The van der Waals surface area contributed by atoms with Crippen molar-refractivity contribution >= 4 is 0 Å². The van der Waals surface area contributed by atoms with Gasteiger partial charge in [0.05, 0.1) is 32.5 Å². The molecule has 0 aliphatic carbocycles. The van der Waals surface area contributed by atoms with Crippen LogP contribution >= 0.6 is 0 Å². The number of benzene rings is 3. The highest BCUT2D eigenvalue weighted by molar-refractivity contribution is 5.68. The number of aromatic hydroxyl groups is 1. The van der Waals surface area contributed by atoms with E-state index in [0.29, 0.717) is 37.5 Å². The van der Waals surface area contributed by atoms with E-state index in [-0.39, 0.29) is 12.4 Å². The zero-order chi connectivity index (χ0) is 26.3. The zero-order valence-electron chi connectivity index (χ0n) is 21.9. The minimum atomic E-state index is -0.668. The zero-order valence-corrected chi connectivity index (χ0v) is 21.9.